The molecule has 0 saturated carbocycles. The van der Waals surface area contributed by atoms with Crippen LogP contribution in [0.15, 0.2) is 131 Å². The molecule has 93 heavy (non-hydrogen) atoms. The van der Waals surface area contributed by atoms with E-state index in [1.807, 2.05) is 24.3 Å². The number of benzene rings is 3. The molecule has 0 bridgehead atoms. The number of thiocarbonyl (C=S) groups is 1. The SMILES string of the molecule is C.C=CCN1C(=O)C2=C(CC1=S)c1ccccc1CC21CCOCC1.C=CCn1c(SCCOC)nc2c(c1=O)C1(CCOCC1)Cc1ccccc1-2.CC=C1CCOCC1.COC(=O)C1=C(N)c2ccccc2CC12CCOCC2.II.II(I)I.I[I-]I.O=C=O. The van der Waals surface area contributed by atoms with Crippen molar-refractivity contribution >= 4 is 196 Å². The van der Waals surface area contributed by atoms with Gasteiger partial charge in [-0.2, -0.15) is 9.59 Å². The number of carbonyl (C=O) groups is 2. The zero-order valence-corrected chi connectivity index (χ0v) is 72.7. The maximum Gasteiger partial charge on any atom is 0.373 e. The maximum atomic E-state index is 13.7. The number of allylic oxidation sites excluding steroid dienone is 2. The zero-order chi connectivity index (χ0) is 67.3. The van der Waals surface area contributed by atoms with Crippen LogP contribution in [0.5, 0.6) is 0 Å². The summed E-state index contributed by atoms with van der Waals surface area (Å²) in [6.07, 6.45) is 16.7. The molecule has 0 atom stereocenters. The van der Waals surface area contributed by atoms with Gasteiger partial charge in [0.15, 0.2) is 5.16 Å². The first kappa shape index (κ1) is 85.6. The van der Waals surface area contributed by atoms with E-state index in [0.29, 0.717) is 82.1 Å². The van der Waals surface area contributed by atoms with Crippen LogP contribution in [-0.4, -0.2) is 123 Å². The summed E-state index contributed by atoms with van der Waals surface area (Å²) in [5, 5.41) is 0.736. The molecule has 3 spiro atoms. The van der Waals surface area contributed by atoms with Gasteiger partial charge in [0.25, 0.3) is 11.5 Å². The minimum atomic E-state index is -0.353. The molecule has 26 heteroatoms. The van der Waals surface area contributed by atoms with Gasteiger partial charge in [-0.05, 0) is 105 Å². The number of thioether (sulfide) groups is 1. The van der Waals surface area contributed by atoms with E-state index in [4.69, 9.17) is 60.9 Å². The van der Waals surface area contributed by atoms with E-state index in [2.05, 4.69) is 205 Å². The number of ether oxygens (including phenoxy) is 6. The number of amides is 1. The van der Waals surface area contributed by atoms with E-state index in [1.165, 1.54) is 29.4 Å². The second kappa shape index (κ2) is 45.2. The van der Waals surface area contributed by atoms with Crippen molar-refractivity contribution in [1.29, 1.82) is 0 Å². The second-order valence-corrected chi connectivity index (χ2v) is 88.6. The second-order valence-electron chi connectivity index (χ2n) is 22.1. The summed E-state index contributed by atoms with van der Waals surface area (Å²) in [6.45, 7) is 17.3. The van der Waals surface area contributed by atoms with Crippen molar-refractivity contribution < 1.29 is 60.9 Å². The van der Waals surface area contributed by atoms with Crippen molar-refractivity contribution in [2.45, 2.75) is 109 Å². The molecule has 4 saturated heterocycles. The van der Waals surface area contributed by atoms with Crippen LogP contribution in [0, 0.1) is 10.8 Å². The predicted octanol–water partition coefficient (Wildman–Crippen LogP) is 14.7. The summed E-state index contributed by atoms with van der Waals surface area (Å²) >= 11 is 24.1. The Morgan fingerprint density at radius 2 is 1.19 bits per heavy atom. The minimum Gasteiger partial charge on any atom is -0.186 e. The van der Waals surface area contributed by atoms with Crippen LogP contribution in [-0.2, 0) is 78.8 Å². The number of hydrogen-bond acceptors (Lipinski definition) is 15. The minimum absolute atomic E-state index is 0. The third-order valence-corrected chi connectivity index (χ3v) is 18.6. The number of methoxy groups -OCH3 is 2. The molecule has 2 N–H and O–H groups in total. The molecular weight excluding hydrogens is 2240 g/mol. The molecule has 4 fully saturated rings. The van der Waals surface area contributed by atoms with Gasteiger partial charge in [-0.15, -0.1) is 13.2 Å². The van der Waals surface area contributed by atoms with E-state index in [0.717, 1.165) is 141 Å². The third kappa shape index (κ3) is 23.3. The smallest absolute Gasteiger partial charge is 0.186 e. The Hall–Kier alpha value is 0.170. The summed E-state index contributed by atoms with van der Waals surface area (Å²) in [6, 6.07) is 24.9. The van der Waals surface area contributed by atoms with E-state index < -0.39 is 0 Å². The Kier molecular flexibility index (Phi) is 41.6. The average Bonchev–Trinajstić information content (AvgIpc) is 0.741. The molecule has 512 valence electrons. The summed E-state index contributed by atoms with van der Waals surface area (Å²) < 4.78 is 33.8. The first-order valence-electron chi connectivity index (χ1n) is 29.6. The van der Waals surface area contributed by atoms with Crippen LogP contribution >= 0.6 is 162 Å². The average molecular weight is 2330 g/mol. The van der Waals surface area contributed by atoms with Crippen molar-refractivity contribution in [3.05, 3.63) is 165 Å². The Balaban J connectivity index is 0.000000260. The number of hydrogen-bond donors (Lipinski definition) is 1. The van der Waals surface area contributed by atoms with Gasteiger partial charge in [0, 0.05) is 142 Å². The van der Waals surface area contributed by atoms with Gasteiger partial charge in [0.1, 0.15) is 0 Å². The molecule has 4 aromatic rings. The largest absolute Gasteiger partial charge is 0.373 e. The van der Waals surface area contributed by atoms with Crippen LogP contribution in [0.1, 0.15) is 106 Å². The number of rotatable bonds is 9. The number of carbonyl (C=O) groups excluding carboxylic acids is 4. The van der Waals surface area contributed by atoms with Crippen LogP contribution in [0.25, 0.3) is 22.5 Å². The molecule has 6 heterocycles. The third-order valence-electron chi connectivity index (χ3n) is 17.3. The molecule has 1 amide bonds. The monoisotopic (exact) mass is 2320 g/mol. The Bertz CT molecular complexity index is 3310. The number of fused-ring (bicyclic) bond motifs is 8. The normalized spacial score (nSPS) is 18.1. The molecule has 0 radical (unpaired) electrons. The summed E-state index contributed by atoms with van der Waals surface area (Å²) in [5.41, 5.74) is 19.6. The Morgan fingerprint density at radius 3 is 1.69 bits per heavy atom. The summed E-state index contributed by atoms with van der Waals surface area (Å²) in [4.78, 5) is 63.0. The van der Waals surface area contributed by atoms with Crippen LogP contribution in [0.4, 0.5) is 0 Å². The number of esters is 1. The van der Waals surface area contributed by atoms with Crippen molar-refractivity contribution in [2.24, 2.45) is 16.6 Å². The van der Waals surface area contributed by atoms with E-state index in [-0.39, 0.29) is 55.2 Å². The number of nitrogens with zero attached hydrogens (tertiary/aromatic N) is 3. The number of aromatic nitrogens is 2. The first-order valence-corrected chi connectivity index (χ1v) is 68.7. The molecule has 5 aliphatic heterocycles. The zero-order valence-electron chi connectivity index (χ0n) is 51.7. The van der Waals surface area contributed by atoms with Gasteiger partial charge in [0.2, 0.25) is 0 Å². The summed E-state index contributed by atoms with van der Waals surface area (Å²) in [5.74, 6) is 0.524. The number of halogens is 9. The van der Waals surface area contributed by atoms with Gasteiger partial charge < -0.3 is 34.2 Å². The van der Waals surface area contributed by atoms with Gasteiger partial charge >= 0.3 is 126 Å². The quantitative estimate of drug-likeness (QED) is 0.0317. The van der Waals surface area contributed by atoms with Crippen molar-refractivity contribution in [3.63, 3.8) is 0 Å². The van der Waals surface area contributed by atoms with E-state index >= 15 is 0 Å². The van der Waals surface area contributed by atoms with Gasteiger partial charge in [-0.3, -0.25) is 19.1 Å². The molecule has 3 aliphatic carbocycles. The molecule has 8 aliphatic rings. The fraction of sp³-hybridized carbons (Fsp3) is 0.463. The molecular formula is C67H82I9N4O11S2-. The predicted molar refractivity (Wildman–Crippen MR) is 444 cm³/mol. The molecule has 0 unspecified atom stereocenters. The van der Waals surface area contributed by atoms with Crippen LogP contribution in [0.3, 0.4) is 0 Å². The standard InChI is InChI=1S/C22H26N2O3S.C20H21NO2S.C16H19NO3.C7H12O.CO2.CH4.I4.I3.I2/c1-3-10-24-20(25)18-19(23-21(24)28-14-13-26-2)17-7-5-4-6-16(17)15-22(18)8-11-27-12-9-22;1-2-9-21-17(24)12-16-15-6-4-3-5-14(15)13-20(18(16)19(21)22)7-10-23-11-8-20;1-19-15(18)13-14(17)12-5-3-2-4-11(12)10-16(13)6-8-20-9-7-16;1-2-7-3-5-8-6-4-7;2-1-3;;1-4(2)3;1-3-2;1-2/h3-7H,1,8-15H2,2H3;2-6H,1,7-13H2;2-5H,6-10,17H2,1H3;2H,3-6H2,1H3;;1H4;;;/q;;;;;;;-1;. The molecule has 12 rings (SSSR count). The molecule has 3 aromatic carbocycles. The Labute approximate surface area is 648 Å². The van der Waals surface area contributed by atoms with Crippen molar-refractivity contribution in [1.82, 2.24) is 14.5 Å². The molecule has 1 aromatic heterocycles. The van der Waals surface area contributed by atoms with E-state index in [1.54, 1.807) is 46.1 Å². The first-order chi connectivity index (χ1) is 44.5. The number of nitrogens with two attached hydrogens (primary N) is 1. The van der Waals surface area contributed by atoms with Crippen molar-refractivity contribution in [2.75, 3.05) is 86.0 Å². The fourth-order valence-corrected chi connectivity index (χ4v) is 14.3. The Morgan fingerprint density at radius 1 is 0.753 bits per heavy atom. The maximum absolute atomic E-state index is 13.7. The van der Waals surface area contributed by atoms with Crippen LogP contribution < -0.4 is 24.5 Å². The summed E-state index contributed by atoms with van der Waals surface area (Å²) in [7, 11) is 2.74. The van der Waals surface area contributed by atoms with Crippen LogP contribution in [0.2, 0.25) is 0 Å². The topological polar surface area (TPSA) is 188 Å². The van der Waals surface area contributed by atoms with Crippen molar-refractivity contribution in [3.8, 4) is 11.3 Å². The van der Waals surface area contributed by atoms with E-state index in [9.17, 15) is 14.4 Å². The molecule has 15 nitrogen and oxygen atoms in total. The fourth-order valence-electron chi connectivity index (χ4n) is 13.1. The van der Waals surface area contributed by atoms with Gasteiger partial charge in [-0.25, -0.2) is 9.78 Å². The van der Waals surface area contributed by atoms with Gasteiger partial charge in [0.05, 0.1) is 54.4 Å². The van der Waals surface area contributed by atoms with Gasteiger partial charge in [-0.1, -0.05) is 128 Å².